The summed E-state index contributed by atoms with van der Waals surface area (Å²) in [7, 11) is 0. The second-order valence-electron chi connectivity index (χ2n) is 1.41. The van der Waals surface area contributed by atoms with Crippen LogP contribution in [0, 0.1) is 14.9 Å². The molecular weight excluding hydrogens is 269 g/mol. The van der Waals surface area contributed by atoms with Crippen molar-refractivity contribution in [3.63, 3.8) is 0 Å². The predicted molar refractivity (Wildman–Crippen MR) is 91.9 cm³/mol. The monoisotopic (exact) mass is 319 g/mol. The molecule has 0 saturated carbocycles. The van der Waals surface area contributed by atoms with E-state index in [1.54, 1.807) is 0 Å². The Balaban J connectivity index is -0.00000000123. The zero-order valence-corrected chi connectivity index (χ0v) is 10.8. The van der Waals surface area contributed by atoms with Gasteiger partial charge in [-0.25, -0.2) is 0 Å². The van der Waals surface area contributed by atoms with E-state index in [4.69, 9.17) is 0 Å². The van der Waals surface area contributed by atoms with Crippen molar-refractivity contribution < 1.29 is 32.7 Å². The first-order valence-electron chi connectivity index (χ1n) is 2.83. The number of hydrogen-bond donors (Lipinski definition) is 0. The van der Waals surface area contributed by atoms with Crippen molar-refractivity contribution in [3.8, 4) is 0 Å². The van der Waals surface area contributed by atoms with E-state index in [0.717, 1.165) is 0 Å². The van der Waals surface area contributed by atoms with Crippen LogP contribution < -0.4 is 0 Å². The van der Waals surface area contributed by atoms with Crippen molar-refractivity contribution in [2.75, 3.05) is 0 Å². The summed E-state index contributed by atoms with van der Waals surface area (Å²) in [5.41, 5.74) is 0. The topological polar surface area (TPSA) is 0 Å². The van der Waals surface area contributed by atoms with Crippen molar-refractivity contribution in [1.82, 2.24) is 0 Å². The Kier molecular flexibility index (Phi) is 4060. The molecular formula is C15H50Y-2. The fourth-order valence-corrected chi connectivity index (χ4v) is 0. The average Bonchev–Trinajstić information content (AvgIpc) is 1.39. The summed E-state index contributed by atoms with van der Waals surface area (Å²) in [6, 6.07) is 0. The van der Waals surface area contributed by atoms with Crippen LogP contribution >= 0.6 is 0 Å². The van der Waals surface area contributed by atoms with Crippen molar-refractivity contribution in [3.05, 3.63) is 14.9 Å². The molecule has 0 nitrogen and oxygen atoms in total. The zero-order valence-electron chi connectivity index (χ0n) is 7.99. The van der Waals surface area contributed by atoms with Gasteiger partial charge in [-0.3, -0.25) is 0 Å². The third-order valence-corrected chi connectivity index (χ3v) is 0. The second-order valence-corrected chi connectivity index (χ2v) is 1.41. The van der Waals surface area contributed by atoms with E-state index in [1.165, 1.54) is 12.8 Å². The van der Waals surface area contributed by atoms with Gasteiger partial charge in [-0.1, -0.05) is 92.5 Å². The Bertz CT molecular complexity index is 7.40. The maximum Gasteiger partial charge on any atom is 0 e. The largest absolute Gasteiger partial charge is 0.358 e. The fourth-order valence-electron chi connectivity index (χ4n) is 0. The van der Waals surface area contributed by atoms with Crippen LogP contribution in [0.1, 0.15) is 92.5 Å². The molecule has 1 radical (unpaired) electrons. The quantitative estimate of drug-likeness (QED) is 0.395. The summed E-state index contributed by atoms with van der Waals surface area (Å²) >= 11 is 0. The first-order valence-corrected chi connectivity index (χ1v) is 2.83. The minimum absolute atomic E-state index is 0. The number of hydrogen-bond acceptors (Lipinski definition) is 0. The van der Waals surface area contributed by atoms with Gasteiger partial charge in [0.1, 0.15) is 0 Å². The molecule has 0 rings (SSSR count). The molecule has 0 bridgehead atoms. The molecule has 16 heavy (non-hydrogen) atoms. The Morgan fingerprint density at radius 1 is 0.438 bits per heavy atom. The Labute approximate surface area is 139 Å². The molecule has 0 fully saturated rings. The van der Waals surface area contributed by atoms with Gasteiger partial charge in [-0.05, 0) is 0 Å². The van der Waals surface area contributed by atoms with Crippen molar-refractivity contribution in [2.45, 2.75) is 92.5 Å². The van der Waals surface area contributed by atoms with Gasteiger partial charge in [0.15, 0.2) is 0 Å². The third kappa shape index (κ3) is 2470. The molecule has 1 heteroatoms. The predicted octanol–water partition coefficient (Wildman–Crippen LogP) is 8.18. The zero-order chi connectivity index (χ0) is 5.41. The molecule has 0 aromatic heterocycles. The van der Waals surface area contributed by atoms with E-state index >= 15 is 0 Å². The van der Waals surface area contributed by atoms with Crippen LogP contribution in [0.3, 0.4) is 0 Å². The molecule has 0 aliphatic rings. The van der Waals surface area contributed by atoms with E-state index in [0.29, 0.717) is 0 Å². The van der Waals surface area contributed by atoms with Crippen LogP contribution in [0.4, 0.5) is 0 Å². The van der Waals surface area contributed by atoms with Crippen molar-refractivity contribution in [1.29, 1.82) is 0 Å². The Morgan fingerprint density at radius 3 is 0.438 bits per heavy atom. The van der Waals surface area contributed by atoms with E-state index in [9.17, 15) is 0 Å². The third-order valence-electron chi connectivity index (χ3n) is 0. The van der Waals surface area contributed by atoms with Crippen LogP contribution in [0.15, 0.2) is 0 Å². The molecule has 115 valence electrons. The smallest absolute Gasteiger partial charge is 0 e. The molecule has 0 amide bonds. The first kappa shape index (κ1) is 170. The van der Waals surface area contributed by atoms with Gasteiger partial charge in [0.25, 0.3) is 0 Å². The maximum atomic E-state index is 2.12. The van der Waals surface area contributed by atoms with Crippen LogP contribution in [0.5, 0.6) is 0 Å². The molecule has 0 atom stereocenters. The summed E-state index contributed by atoms with van der Waals surface area (Å²) in [6.07, 6.45) is 2.50. The van der Waals surface area contributed by atoms with Gasteiger partial charge >= 0.3 is 0 Å². The van der Waals surface area contributed by atoms with Gasteiger partial charge in [-0.2, -0.15) is 0 Å². The first-order chi connectivity index (χ1) is 2.83. The van der Waals surface area contributed by atoms with Crippen LogP contribution in [0.2, 0.25) is 0 Å². The number of rotatable bonds is 0. The van der Waals surface area contributed by atoms with Gasteiger partial charge in [0, 0.05) is 32.7 Å². The summed E-state index contributed by atoms with van der Waals surface area (Å²) in [4.78, 5) is 0. The summed E-state index contributed by atoms with van der Waals surface area (Å²) in [5.74, 6) is 0. The molecule has 0 unspecified atom stereocenters. The van der Waals surface area contributed by atoms with E-state index in [1.807, 2.05) is 0 Å². The van der Waals surface area contributed by atoms with E-state index in [-0.39, 0.29) is 99.5 Å². The van der Waals surface area contributed by atoms with E-state index < -0.39 is 0 Å². The minimum Gasteiger partial charge on any atom is -0.358 e. The summed E-state index contributed by atoms with van der Waals surface area (Å²) in [5, 5.41) is 0. The summed E-state index contributed by atoms with van der Waals surface area (Å²) < 4.78 is 0. The SMILES string of the molecule is C.C.C.C.C.C.C.CCC.CCC.[CH3-].[CH3-].[Y]. The van der Waals surface area contributed by atoms with Crippen molar-refractivity contribution in [2.24, 2.45) is 0 Å². The van der Waals surface area contributed by atoms with Gasteiger partial charge < -0.3 is 14.9 Å². The van der Waals surface area contributed by atoms with Gasteiger partial charge in [-0.15, -0.1) is 0 Å². The molecule has 0 aliphatic carbocycles. The fraction of sp³-hybridized carbons (Fsp3) is 0.867. The molecule has 0 saturated heterocycles. The standard InChI is InChI=1S/2C3H8.7CH4.2CH3.Y/c2*1-3-2;;;;;;;;;;/h2*3H2,1-2H3;7*1H4;2*1H3;/q;;;;;;;;;2*-1;. The second kappa shape index (κ2) is 381. The Hall–Kier alpha value is 1.10. The molecule has 0 heterocycles. The molecule has 0 aromatic carbocycles. The van der Waals surface area contributed by atoms with Gasteiger partial charge in [0.05, 0.1) is 0 Å². The van der Waals surface area contributed by atoms with Crippen LogP contribution in [-0.4, -0.2) is 0 Å². The minimum atomic E-state index is 0. The normalized spacial score (nSPS) is 2.25. The van der Waals surface area contributed by atoms with Crippen LogP contribution in [0.25, 0.3) is 0 Å². The Morgan fingerprint density at radius 2 is 0.438 bits per heavy atom. The van der Waals surface area contributed by atoms with Crippen molar-refractivity contribution >= 4 is 0 Å². The average molecular weight is 319 g/mol. The molecule has 0 aliphatic heterocycles. The maximum absolute atomic E-state index is 2.12. The molecule has 0 N–H and O–H groups in total. The summed E-state index contributed by atoms with van der Waals surface area (Å²) in [6.45, 7) is 8.50. The van der Waals surface area contributed by atoms with E-state index in [2.05, 4.69) is 27.7 Å². The van der Waals surface area contributed by atoms with Gasteiger partial charge in [0.2, 0.25) is 0 Å². The van der Waals surface area contributed by atoms with Crippen LogP contribution in [-0.2, 0) is 32.7 Å². The molecule has 0 spiro atoms. The molecule has 0 aromatic rings.